The number of hydrogen-bond acceptors (Lipinski definition) is 3. The fraction of sp³-hybridized carbons (Fsp3) is 0.125. The highest BCUT2D eigenvalue weighted by molar-refractivity contribution is 9.11. The maximum atomic E-state index is 14.2. The van der Waals surface area contributed by atoms with Crippen LogP contribution in [0.25, 0.3) is 0 Å². The van der Waals surface area contributed by atoms with Gasteiger partial charge in [0.15, 0.2) is 0 Å². The van der Waals surface area contributed by atoms with Gasteiger partial charge in [0, 0.05) is 25.0 Å². The molecule has 0 saturated heterocycles. The topological polar surface area (TPSA) is 46.9 Å². The van der Waals surface area contributed by atoms with Crippen LogP contribution in [0.5, 0.6) is 0 Å². The van der Waals surface area contributed by atoms with Gasteiger partial charge in [0.25, 0.3) is 5.91 Å². The maximum Gasteiger partial charge on any atom is 0.262 e. The van der Waals surface area contributed by atoms with Crippen molar-refractivity contribution in [2.24, 2.45) is 7.05 Å². The van der Waals surface area contributed by atoms with Gasteiger partial charge in [-0.05, 0) is 34.1 Å². The third-order valence-corrected chi connectivity index (χ3v) is 5.03. The fourth-order valence-electron chi connectivity index (χ4n) is 2.28. The van der Waals surface area contributed by atoms with Crippen LogP contribution < -0.4 is 5.32 Å². The number of imidazole rings is 1. The van der Waals surface area contributed by atoms with E-state index < -0.39 is 6.04 Å². The predicted octanol–water partition coefficient (Wildman–Crippen LogP) is 3.90. The Morgan fingerprint density at radius 2 is 2.13 bits per heavy atom. The van der Waals surface area contributed by atoms with Gasteiger partial charge in [-0.1, -0.05) is 18.2 Å². The molecule has 23 heavy (non-hydrogen) atoms. The van der Waals surface area contributed by atoms with E-state index in [0.717, 1.165) is 3.79 Å². The van der Waals surface area contributed by atoms with Crippen LogP contribution in [0.3, 0.4) is 0 Å². The second-order valence-corrected chi connectivity index (χ2v) is 7.39. The molecule has 3 rings (SSSR count). The summed E-state index contributed by atoms with van der Waals surface area (Å²) >= 11 is 4.66. The zero-order valence-electron chi connectivity index (χ0n) is 12.2. The van der Waals surface area contributed by atoms with E-state index in [-0.39, 0.29) is 11.7 Å². The summed E-state index contributed by atoms with van der Waals surface area (Å²) in [6.07, 6.45) is 3.38. The lowest BCUT2D eigenvalue weighted by Gasteiger charge is -2.19. The van der Waals surface area contributed by atoms with E-state index in [4.69, 9.17) is 0 Å². The zero-order chi connectivity index (χ0) is 16.4. The second kappa shape index (κ2) is 6.64. The molecule has 4 nitrogen and oxygen atoms in total. The summed E-state index contributed by atoms with van der Waals surface area (Å²) in [5.74, 6) is -0.0795. The van der Waals surface area contributed by atoms with E-state index in [1.54, 1.807) is 47.3 Å². The van der Waals surface area contributed by atoms with Gasteiger partial charge in [-0.2, -0.15) is 0 Å². The molecule has 1 unspecified atom stereocenters. The maximum absolute atomic E-state index is 14.2. The lowest BCUT2D eigenvalue weighted by Crippen LogP contribution is -2.31. The van der Waals surface area contributed by atoms with Gasteiger partial charge < -0.3 is 9.88 Å². The molecule has 0 fully saturated rings. The van der Waals surface area contributed by atoms with E-state index in [1.165, 1.54) is 17.4 Å². The molecule has 7 heteroatoms. The number of hydrogen-bond donors (Lipinski definition) is 1. The van der Waals surface area contributed by atoms with Gasteiger partial charge in [0.1, 0.15) is 17.7 Å². The van der Waals surface area contributed by atoms with E-state index in [0.29, 0.717) is 16.3 Å². The first-order chi connectivity index (χ1) is 11.1. The summed E-state index contributed by atoms with van der Waals surface area (Å²) in [6, 6.07) is 9.25. The number of carbonyl (C=O) groups is 1. The smallest absolute Gasteiger partial charge is 0.262 e. The summed E-state index contributed by atoms with van der Waals surface area (Å²) in [5, 5.41) is 2.87. The van der Waals surface area contributed by atoms with Gasteiger partial charge in [-0.15, -0.1) is 11.3 Å². The monoisotopic (exact) mass is 393 g/mol. The Morgan fingerprint density at radius 3 is 2.74 bits per heavy atom. The molecule has 0 spiro atoms. The molecule has 0 bridgehead atoms. The largest absolute Gasteiger partial charge is 0.337 e. The molecule has 0 saturated carbocycles. The summed E-state index contributed by atoms with van der Waals surface area (Å²) in [6.45, 7) is 0. The van der Waals surface area contributed by atoms with Crippen molar-refractivity contribution >= 4 is 33.2 Å². The Balaban J connectivity index is 1.98. The Labute approximate surface area is 145 Å². The molecular weight excluding hydrogens is 381 g/mol. The zero-order valence-corrected chi connectivity index (χ0v) is 14.6. The Morgan fingerprint density at radius 1 is 1.35 bits per heavy atom. The minimum atomic E-state index is -0.662. The van der Waals surface area contributed by atoms with Crippen LogP contribution in [0, 0.1) is 5.82 Å². The third kappa shape index (κ3) is 3.35. The molecule has 1 amide bonds. The van der Waals surface area contributed by atoms with E-state index in [2.05, 4.69) is 26.2 Å². The van der Waals surface area contributed by atoms with E-state index in [9.17, 15) is 9.18 Å². The number of aromatic nitrogens is 2. The van der Waals surface area contributed by atoms with Crippen molar-refractivity contribution in [2.45, 2.75) is 6.04 Å². The number of aryl methyl sites for hydroxylation is 1. The Bertz CT molecular complexity index is 845. The minimum absolute atomic E-state index is 0.267. The first-order valence-corrected chi connectivity index (χ1v) is 8.45. The number of nitrogens with zero attached hydrogens (tertiary/aromatic N) is 2. The highest BCUT2D eigenvalue weighted by Gasteiger charge is 2.24. The van der Waals surface area contributed by atoms with E-state index in [1.807, 2.05) is 7.05 Å². The molecule has 2 aromatic heterocycles. The Kier molecular flexibility index (Phi) is 4.58. The van der Waals surface area contributed by atoms with E-state index >= 15 is 0 Å². The molecule has 0 radical (unpaired) electrons. The molecule has 0 aliphatic rings. The van der Waals surface area contributed by atoms with Gasteiger partial charge in [-0.25, -0.2) is 9.37 Å². The van der Waals surface area contributed by atoms with Crippen molar-refractivity contribution < 1.29 is 9.18 Å². The summed E-state index contributed by atoms with van der Waals surface area (Å²) in [4.78, 5) is 17.3. The molecule has 1 atom stereocenters. The molecule has 3 aromatic rings. The van der Waals surface area contributed by atoms with Crippen molar-refractivity contribution in [3.8, 4) is 0 Å². The molecule has 0 aliphatic heterocycles. The fourth-order valence-corrected chi connectivity index (χ4v) is 3.57. The van der Waals surface area contributed by atoms with Crippen molar-refractivity contribution in [3.05, 3.63) is 74.7 Å². The van der Waals surface area contributed by atoms with Gasteiger partial charge in [0.2, 0.25) is 0 Å². The first-order valence-electron chi connectivity index (χ1n) is 6.84. The van der Waals surface area contributed by atoms with Crippen LogP contribution in [0.15, 0.2) is 52.6 Å². The molecule has 1 N–H and O–H groups in total. The third-order valence-electron chi connectivity index (χ3n) is 3.41. The number of amides is 1. The number of thiophene rings is 1. The molecular formula is C16H13BrFN3OS. The lowest BCUT2D eigenvalue weighted by molar-refractivity contribution is 0.0945. The summed E-state index contributed by atoms with van der Waals surface area (Å²) in [5.41, 5.74) is 0.380. The standard InChI is InChI=1S/C16H13BrFN3OS/c1-21-9-8-19-15(21)14(10-4-2-3-5-11(10)18)20-16(22)12-6-7-13(17)23-12/h2-9,14H,1H3,(H,20,22). The number of benzene rings is 1. The normalized spacial score (nSPS) is 12.1. The van der Waals surface area contributed by atoms with Gasteiger partial charge >= 0.3 is 0 Å². The van der Waals surface area contributed by atoms with Crippen LogP contribution >= 0.6 is 27.3 Å². The van der Waals surface area contributed by atoms with Crippen LogP contribution in [0.4, 0.5) is 4.39 Å². The first kappa shape index (κ1) is 15.9. The lowest BCUT2D eigenvalue weighted by atomic mass is 10.1. The highest BCUT2D eigenvalue weighted by Crippen LogP contribution is 2.26. The van der Waals surface area contributed by atoms with Crippen LogP contribution in [-0.2, 0) is 7.05 Å². The van der Waals surface area contributed by atoms with Crippen LogP contribution in [0.2, 0.25) is 0 Å². The molecule has 2 heterocycles. The minimum Gasteiger partial charge on any atom is -0.337 e. The van der Waals surface area contributed by atoms with Crippen LogP contribution in [-0.4, -0.2) is 15.5 Å². The average molecular weight is 394 g/mol. The SMILES string of the molecule is Cn1ccnc1C(NC(=O)c1ccc(Br)s1)c1ccccc1F. The van der Waals surface area contributed by atoms with Crippen molar-refractivity contribution in [2.75, 3.05) is 0 Å². The van der Waals surface area contributed by atoms with Crippen molar-refractivity contribution in [3.63, 3.8) is 0 Å². The number of nitrogens with one attached hydrogen (secondary N) is 1. The van der Waals surface area contributed by atoms with Crippen molar-refractivity contribution in [1.29, 1.82) is 0 Å². The van der Waals surface area contributed by atoms with Gasteiger partial charge in [0.05, 0.1) is 8.66 Å². The summed E-state index contributed by atoms with van der Waals surface area (Å²) in [7, 11) is 1.81. The van der Waals surface area contributed by atoms with Gasteiger partial charge in [-0.3, -0.25) is 4.79 Å². The Hall–Kier alpha value is -1.99. The number of halogens is 2. The highest BCUT2D eigenvalue weighted by atomic mass is 79.9. The van der Waals surface area contributed by atoms with Crippen molar-refractivity contribution in [1.82, 2.24) is 14.9 Å². The number of carbonyl (C=O) groups excluding carboxylic acids is 1. The summed E-state index contributed by atoms with van der Waals surface area (Å²) < 4.78 is 16.9. The van der Waals surface area contributed by atoms with Crippen LogP contribution in [0.1, 0.15) is 27.1 Å². The quantitative estimate of drug-likeness (QED) is 0.730. The number of rotatable bonds is 4. The molecule has 118 valence electrons. The molecule has 0 aliphatic carbocycles. The average Bonchev–Trinajstić information content (AvgIpc) is 3.14. The predicted molar refractivity (Wildman–Crippen MR) is 90.9 cm³/mol. The molecule has 1 aromatic carbocycles. The second-order valence-electron chi connectivity index (χ2n) is 4.93.